The molecule has 0 amide bonds. The van der Waals surface area contributed by atoms with Crippen molar-refractivity contribution in [2.45, 2.75) is 53.2 Å². The SMILES string of the molecule is CCCc1noc(COC(=O)c2cc(-c3ccc(C)cc3)nc3c2cnn3C(C)C)n1. The summed E-state index contributed by atoms with van der Waals surface area (Å²) in [5.74, 6) is 0.401. The Bertz CT molecular complexity index is 1210. The van der Waals surface area contributed by atoms with Crippen molar-refractivity contribution in [1.82, 2.24) is 24.9 Å². The second-order valence-electron chi connectivity index (χ2n) is 7.77. The summed E-state index contributed by atoms with van der Waals surface area (Å²) in [7, 11) is 0. The van der Waals surface area contributed by atoms with Crippen LogP contribution in [0.25, 0.3) is 22.3 Å². The molecule has 3 heterocycles. The third kappa shape index (κ3) is 4.33. The average Bonchev–Trinajstić information content (AvgIpc) is 3.39. The molecule has 0 saturated heterocycles. The van der Waals surface area contributed by atoms with E-state index < -0.39 is 5.97 Å². The molecule has 4 rings (SSSR count). The molecule has 4 aromatic rings. The highest BCUT2D eigenvalue weighted by Gasteiger charge is 2.20. The second kappa shape index (κ2) is 8.67. The normalized spacial score (nSPS) is 11.4. The number of ether oxygens (including phenoxy) is 1. The fourth-order valence-electron chi connectivity index (χ4n) is 3.32. The molecule has 0 aliphatic carbocycles. The van der Waals surface area contributed by atoms with Gasteiger partial charge < -0.3 is 9.26 Å². The van der Waals surface area contributed by atoms with Gasteiger partial charge in [0.1, 0.15) is 0 Å². The topological polar surface area (TPSA) is 95.9 Å². The lowest BCUT2D eigenvalue weighted by Gasteiger charge is -2.10. The molecule has 0 fully saturated rings. The standard InChI is InChI=1S/C23H25N5O3/c1-5-6-20-26-21(31-27-20)13-30-23(29)17-11-19(16-9-7-15(4)8-10-16)25-22-18(17)12-24-28(22)14(2)3/h7-12,14H,5-6,13H2,1-4H3. The molecule has 0 unspecified atom stereocenters. The molecular formula is C23H25N5O3. The minimum absolute atomic E-state index is 0.0858. The van der Waals surface area contributed by atoms with Crippen molar-refractivity contribution >= 4 is 17.0 Å². The van der Waals surface area contributed by atoms with Crippen molar-refractivity contribution < 1.29 is 14.1 Å². The van der Waals surface area contributed by atoms with Crippen LogP contribution < -0.4 is 0 Å². The highest BCUT2D eigenvalue weighted by molar-refractivity contribution is 6.03. The smallest absolute Gasteiger partial charge is 0.339 e. The van der Waals surface area contributed by atoms with Crippen molar-refractivity contribution in [3.63, 3.8) is 0 Å². The van der Waals surface area contributed by atoms with Crippen LogP contribution >= 0.6 is 0 Å². The molecule has 0 N–H and O–H groups in total. The Balaban J connectivity index is 1.69. The molecular weight excluding hydrogens is 394 g/mol. The van der Waals surface area contributed by atoms with E-state index in [0.717, 1.165) is 24.0 Å². The van der Waals surface area contributed by atoms with Crippen molar-refractivity contribution in [2.75, 3.05) is 0 Å². The van der Waals surface area contributed by atoms with Gasteiger partial charge in [0.25, 0.3) is 5.89 Å². The summed E-state index contributed by atoms with van der Waals surface area (Å²) in [4.78, 5) is 22.0. The number of aromatic nitrogens is 5. The number of aryl methyl sites for hydroxylation is 2. The molecule has 0 atom stereocenters. The van der Waals surface area contributed by atoms with Gasteiger partial charge in [-0.25, -0.2) is 14.5 Å². The Morgan fingerprint density at radius 1 is 1.19 bits per heavy atom. The minimum atomic E-state index is -0.487. The van der Waals surface area contributed by atoms with Gasteiger partial charge in [0.05, 0.1) is 22.8 Å². The van der Waals surface area contributed by atoms with Crippen LogP contribution in [0.15, 0.2) is 41.1 Å². The molecule has 0 spiro atoms. The number of hydrogen-bond acceptors (Lipinski definition) is 7. The summed E-state index contributed by atoms with van der Waals surface area (Å²) in [5, 5.41) is 8.97. The molecule has 0 aliphatic heterocycles. The largest absolute Gasteiger partial charge is 0.452 e. The molecule has 8 heteroatoms. The molecule has 0 bridgehead atoms. The zero-order valence-electron chi connectivity index (χ0n) is 18.1. The zero-order chi connectivity index (χ0) is 22.0. The maximum Gasteiger partial charge on any atom is 0.339 e. The summed E-state index contributed by atoms with van der Waals surface area (Å²) < 4.78 is 12.5. The first-order chi connectivity index (χ1) is 15.0. The Morgan fingerprint density at radius 3 is 2.68 bits per heavy atom. The van der Waals surface area contributed by atoms with E-state index in [2.05, 4.69) is 15.2 Å². The third-order valence-corrected chi connectivity index (χ3v) is 4.93. The molecule has 3 aromatic heterocycles. The van der Waals surface area contributed by atoms with Crippen LogP contribution in [0.2, 0.25) is 0 Å². The summed E-state index contributed by atoms with van der Waals surface area (Å²) in [6.45, 7) is 8.02. The summed E-state index contributed by atoms with van der Waals surface area (Å²) in [5.41, 5.74) is 3.80. The van der Waals surface area contributed by atoms with Gasteiger partial charge in [0, 0.05) is 18.0 Å². The minimum Gasteiger partial charge on any atom is -0.452 e. The van der Waals surface area contributed by atoms with E-state index in [1.54, 1.807) is 16.9 Å². The lowest BCUT2D eigenvalue weighted by atomic mass is 10.1. The highest BCUT2D eigenvalue weighted by Crippen LogP contribution is 2.27. The molecule has 1 aromatic carbocycles. The number of nitrogens with zero attached hydrogens (tertiary/aromatic N) is 5. The lowest BCUT2D eigenvalue weighted by Crippen LogP contribution is -2.09. The Hall–Kier alpha value is -3.55. The van der Waals surface area contributed by atoms with Crippen molar-refractivity contribution in [3.05, 3.63) is 59.4 Å². The summed E-state index contributed by atoms with van der Waals surface area (Å²) >= 11 is 0. The van der Waals surface area contributed by atoms with Crippen molar-refractivity contribution in [3.8, 4) is 11.3 Å². The number of benzene rings is 1. The molecule has 0 aliphatic rings. The first kappa shape index (κ1) is 20.7. The lowest BCUT2D eigenvalue weighted by molar-refractivity contribution is 0.0432. The van der Waals surface area contributed by atoms with Crippen LogP contribution in [0, 0.1) is 6.92 Å². The quantitative estimate of drug-likeness (QED) is 0.401. The molecule has 160 valence electrons. The highest BCUT2D eigenvalue weighted by atomic mass is 16.6. The van der Waals surface area contributed by atoms with Crippen LogP contribution in [-0.2, 0) is 17.8 Å². The third-order valence-electron chi connectivity index (χ3n) is 4.93. The van der Waals surface area contributed by atoms with E-state index in [4.69, 9.17) is 14.2 Å². The van der Waals surface area contributed by atoms with Gasteiger partial charge in [0.2, 0.25) is 0 Å². The van der Waals surface area contributed by atoms with Gasteiger partial charge in [-0.05, 0) is 33.3 Å². The van der Waals surface area contributed by atoms with Gasteiger partial charge in [-0.15, -0.1) is 0 Å². The number of rotatable bonds is 7. The van der Waals surface area contributed by atoms with Gasteiger partial charge >= 0.3 is 5.97 Å². The van der Waals surface area contributed by atoms with Gasteiger partial charge in [-0.2, -0.15) is 10.1 Å². The summed E-state index contributed by atoms with van der Waals surface area (Å²) in [6.07, 6.45) is 3.29. The van der Waals surface area contributed by atoms with Gasteiger partial charge in [0.15, 0.2) is 18.1 Å². The first-order valence-corrected chi connectivity index (χ1v) is 10.4. The Morgan fingerprint density at radius 2 is 1.97 bits per heavy atom. The maximum atomic E-state index is 13.0. The number of hydrogen-bond donors (Lipinski definition) is 0. The van der Waals surface area contributed by atoms with E-state index in [9.17, 15) is 4.79 Å². The fraction of sp³-hybridized carbons (Fsp3) is 0.348. The van der Waals surface area contributed by atoms with Crippen LogP contribution in [-0.4, -0.2) is 30.9 Å². The average molecular weight is 419 g/mol. The monoisotopic (exact) mass is 419 g/mol. The van der Waals surface area contributed by atoms with Crippen LogP contribution in [0.4, 0.5) is 0 Å². The van der Waals surface area contributed by atoms with E-state index >= 15 is 0 Å². The van der Waals surface area contributed by atoms with E-state index in [1.807, 2.05) is 52.0 Å². The van der Waals surface area contributed by atoms with Crippen LogP contribution in [0.3, 0.4) is 0 Å². The van der Waals surface area contributed by atoms with Crippen LogP contribution in [0.5, 0.6) is 0 Å². The first-order valence-electron chi connectivity index (χ1n) is 10.4. The predicted molar refractivity (Wildman–Crippen MR) is 115 cm³/mol. The van der Waals surface area contributed by atoms with Gasteiger partial charge in [-0.3, -0.25) is 0 Å². The molecule has 8 nitrogen and oxygen atoms in total. The predicted octanol–water partition coefficient (Wildman–Crippen LogP) is 4.68. The maximum absolute atomic E-state index is 13.0. The molecule has 0 radical (unpaired) electrons. The fourth-order valence-corrected chi connectivity index (χ4v) is 3.32. The summed E-state index contributed by atoms with van der Waals surface area (Å²) in [6, 6.07) is 9.85. The number of carbonyl (C=O) groups is 1. The number of esters is 1. The Kier molecular flexibility index (Phi) is 5.79. The van der Waals surface area contributed by atoms with Gasteiger partial charge in [-0.1, -0.05) is 41.9 Å². The number of carbonyl (C=O) groups excluding carboxylic acids is 1. The Labute approximate surface area is 180 Å². The van der Waals surface area contributed by atoms with E-state index in [0.29, 0.717) is 28.1 Å². The number of fused-ring (bicyclic) bond motifs is 1. The van der Waals surface area contributed by atoms with E-state index in [-0.39, 0.29) is 18.5 Å². The number of pyridine rings is 1. The molecule has 31 heavy (non-hydrogen) atoms. The van der Waals surface area contributed by atoms with E-state index in [1.165, 1.54) is 0 Å². The van der Waals surface area contributed by atoms with Crippen LogP contribution in [0.1, 0.15) is 60.9 Å². The second-order valence-corrected chi connectivity index (χ2v) is 7.77. The van der Waals surface area contributed by atoms with Crippen molar-refractivity contribution in [2.24, 2.45) is 0 Å². The zero-order valence-corrected chi connectivity index (χ0v) is 18.1. The van der Waals surface area contributed by atoms with Crippen molar-refractivity contribution in [1.29, 1.82) is 0 Å². The molecule has 0 saturated carbocycles.